The molecule has 0 saturated heterocycles. The third-order valence-corrected chi connectivity index (χ3v) is 5.27. The van der Waals surface area contributed by atoms with E-state index in [0.29, 0.717) is 21.8 Å². The fourth-order valence-corrected chi connectivity index (χ4v) is 3.77. The lowest BCUT2D eigenvalue weighted by atomic mass is 9.99. The van der Waals surface area contributed by atoms with Crippen LogP contribution in [0.5, 0.6) is 5.75 Å². The number of hydrogen-bond acceptors (Lipinski definition) is 6. The average molecular weight is 346 g/mol. The molecule has 0 spiro atoms. The van der Waals surface area contributed by atoms with Gasteiger partial charge in [-0.15, -0.1) is 16.4 Å². The molecule has 126 valence electrons. The normalized spacial score (nSPS) is 24.4. The van der Waals surface area contributed by atoms with Crippen LogP contribution in [0.15, 0.2) is 41.8 Å². The highest BCUT2D eigenvalue weighted by molar-refractivity contribution is 7.12. The minimum Gasteiger partial charge on any atom is -0.622 e. The molecule has 2 heterocycles. The van der Waals surface area contributed by atoms with Crippen molar-refractivity contribution < 1.29 is 19.5 Å². The molecule has 6 nitrogen and oxygen atoms in total. The predicted octanol–water partition coefficient (Wildman–Crippen LogP) is 2.75. The summed E-state index contributed by atoms with van der Waals surface area (Å²) in [5, 5.41) is 26.1. The third-order valence-electron chi connectivity index (χ3n) is 4.38. The van der Waals surface area contributed by atoms with Gasteiger partial charge in [0.2, 0.25) is 5.71 Å². The molecule has 2 aromatic rings. The molecule has 0 aliphatic carbocycles. The van der Waals surface area contributed by atoms with E-state index < -0.39 is 17.5 Å². The van der Waals surface area contributed by atoms with Gasteiger partial charge in [0.1, 0.15) is 11.8 Å². The highest BCUT2D eigenvalue weighted by atomic mass is 32.1. The second-order valence-corrected chi connectivity index (χ2v) is 6.70. The number of rotatable bonds is 4. The van der Waals surface area contributed by atoms with Gasteiger partial charge in [-0.1, -0.05) is 6.07 Å². The molecule has 0 unspecified atom stereocenters. The molecule has 2 atom stereocenters. The van der Waals surface area contributed by atoms with Gasteiger partial charge in [0.05, 0.1) is 12.0 Å². The molecule has 1 aromatic carbocycles. The van der Waals surface area contributed by atoms with Crippen molar-refractivity contribution >= 4 is 22.8 Å². The summed E-state index contributed by atoms with van der Waals surface area (Å²) in [5.74, 6) is 0.142. The Balaban J connectivity index is 2.05. The number of hydrogen-bond donors (Lipinski definition) is 1. The van der Waals surface area contributed by atoms with E-state index >= 15 is 0 Å². The maximum Gasteiger partial charge on any atom is 0.312 e. The van der Waals surface area contributed by atoms with E-state index in [1.54, 1.807) is 37.3 Å². The largest absolute Gasteiger partial charge is 0.622 e. The van der Waals surface area contributed by atoms with E-state index in [1.807, 2.05) is 11.4 Å². The first-order chi connectivity index (χ1) is 11.4. The maximum absolute atomic E-state index is 13.0. The number of hydroxylamine groups is 3. The molecule has 24 heavy (non-hydrogen) atoms. The van der Waals surface area contributed by atoms with Crippen molar-refractivity contribution in [1.29, 1.82) is 0 Å². The van der Waals surface area contributed by atoms with E-state index in [4.69, 9.17) is 4.74 Å². The van der Waals surface area contributed by atoms with E-state index in [-0.39, 0.29) is 0 Å². The number of benzene rings is 1. The number of ether oxygens (including phenoxy) is 1. The van der Waals surface area contributed by atoms with E-state index in [2.05, 4.69) is 0 Å². The summed E-state index contributed by atoms with van der Waals surface area (Å²) in [6, 6.07) is 9.51. The maximum atomic E-state index is 13.0. The van der Waals surface area contributed by atoms with E-state index in [0.717, 1.165) is 9.94 Å². The van der Waals surface area contributed by atoms with Gasteiger partial charge < -0.3 is 15.2 Å². The molecule has 0 fully saturated rings. The van der Waals surface area contributed by atoms with E-state index in [9.17, 15) is 15.2 Å². The van der Waals surface area contributed by atoms with Gasteiger partial charge in [-0.3, -0.25) is 4.79 Å². The standard InChI is InChI=1S/C17H18N2O4S/c1-11-15(14-5-4-10-24-14)19(22)17(2,18(11)21)16(20)12-6-8-13(23-3)9-7-12/h4-11,21H,1-3H3/t11-,17+/m0/s1. The smallest absolute Gasteiger partial charge is 0.312 e. The lowest BCUT2D eigenvalue weighted by Crippen LogP contribution is -2.54. The van der Waals surface area contributed by atoms with Crippen LogP contribution in [0, 0.1) is 5.21 Å². The number of carbonyl (C=O) groups is 1. The number of methoxy groups -OCH3 is 1. The Kier molecular flexibility index (Phi) is 4.16. The topological polar surface area (TPSA) is 75.8 Å². The number of nitrogens with zero attached hydrogens (tertiary/aromatic N) is 2. The Morgan fingerprint density at radius 3 is 2.58 bits per heavy atom. The minimum atomic E-state index is -1.71. The Hall–Kier alpha value is -2.22. The van der Waals surface area contributed by atoms with Gasteiger partial charge in [-0.05, 0) is 42.6 Å². The highest BCUT2D eigenvalue weighted by Crippen LogP contribution is 2.32. The SMILES string of the molecule is COc1ccc(C(=O)[C@]2(C)N(O)[C@@H](C)C(c3cccs3)=[N+]2[O-])cc1. The van der Waals surface area contributed by atoms with Crippen molar-refractivity contribution in [3.8, 4) is 5.75 Å². The molecule has 3 rings (SSSR count). The molecule has 7 heteroatoms. The van der Waals surface area contributed by atoms with Gasteiger partial charge in [-0.2, -0.15) is 4.74 Å². The van der Waals surface area contributed by atoms with Crippen molar-refractivity contribution in [3.63, 3.8) is 0 Å². The molecular formula is C17H18N2O4S. The molecule has 0 radical (unpaired) electrons. The zero-order valence-electron chi connectivity index (χ0n) is 13.6. The second-order valence-electron chi connectivity index (χ2n) is 5.76. The fraction of sp³-hybridized carbons (Fsp3) is 0.294. The lowest BCUT2D eigenvalue weighted by molar-refractivity contribution is -0.561. The Bertz CT molecular complexity index is 785. The van der Waals surface area contributed by atoms with Crippen LogP contribution in [-0.2, 0) is 0 Å². The summed E-state index contributed by atoms with van der Waals surface area (Å²) < 4.78 is 5.70. The quantitative estimate of drug-likeness (QED) is 0.523. The number of thiophene rings is 1. The van der Waals surface area contributed by atoms with Crippen LogP contribution >= 0.6 is 11.3 Å². The van der Waals surface area contributed by atoms with Crippen LogP contribution in [-0.4, -0.2) is 45.3 Å². The molecule has 0 bridgehead atoms. The number of carbonyl (C=O) groups excluding carboxylic acids is 1. The van der Waals surface area contributed by atoms with Gasteiger partial charge in [-0.25, -0.2) is 0 Å². The summed E-state index contributed by atoms with van der Waals surface area (Å²) in [7, 11) is 1.54. The minimum absolute atomic E-state index is 0.331. The Morgan fingerprint density at radius 1 is 1.38 bits per heavy atom. The van der Waals surface area contributed by atoms with E-state index in [1.165, 1.54) is 25.4 Å². The molecular weight excluding hydrogens is 328 g/mol. The third kappa shape index (κ3) is 2.32. The number of ketones is 1. The van der Waals surface area contributed by atoms with Gasteiger partial charge >= 0.3 is 5.66 Å². The van der Waals surface area contributed by atoms with Gasteiger partial charge in [0, 0.05) is 12.5 Å². The van der Waals surface area contributed by atoms with Crippen molar-refractivity contribution in [1.82, 2.24) is 5.06 Å². The molecule has 1 aliphatic rings. The Labute approximate surface area is 143 Å². The summed E-state index contributed by atoms with van der Waals surface area (Å²) in [4.78, 5) is 13.7. The molecule has 0 amide bonds. The van der Waals surface area contributed by atoms with Crippen LogP contribution in [0.2, 0.25) is 0 Å². The van der Waals surface area contributed by atoms with Crippen molar-refractivity contribution in [3.05, 3.63) is 57.4 Å². The highest BCUT2D eigenvalue weighted by Gasteiger charge is 2.58. The van der Waals surface area contributed by atoms with Crippen molar-refractivity contribution in [2.24, 2.45) is 0 Å². The first kappa shape index (κ1) is 16.6. The van der Waals surface area contributed by atoms with Crippen molar-refractivity contribution in [2.75, 3.05) is 7.11 Å². The summed E-state index contributed by atoms with van der Waals surface area (Å²) in [5.41, 5.74) is -0.998. The first-order valence-corrected chi connectivity index (χ1v) is 8.34. The predicted molar refractivity (Wildman–Crippen MR) is 90.9 cm³/mol. The fourth-order valence-electron chi connectivity index (χ4n) is 2.93. The summed E-state index contributed by atoms with van der Waals surface area (Å²) in [6.45, 7) is 3.14. The lowest BCUT2D eigenvalue weighted by Gasteiger charge is -2.27. The number of Topliss-reactive ketones (excluding diaryl/α,β-unsaturated/α-hetero) is 1. The summed E-state index contributed by atoms with van der Waals surface area (Å²) in [6.07, 6.45) is 0. The molecule has 1 N–H and O–H groups in total. The molecule has 0 saturated carbocycles. The second kappa shape index (κ2) is 6.01. The van der Waals surface area contributed by atoms with Crippen LogP contribution in [0.1, 0.15) is 29.1 Å². The molecule has 1 aliphatic heterocycles. The van der Waals surface area contributed by atoms with Crippen LogP contribution in [0.4, 0.5) is 0 Å². The first-order valence-electron chi connectivity index (χ1n) is 7.46. The van der Waals surface area contributed by atoms with Crippen LogP contribution < -0.4 is 4.74 Å². The van der Waals surface area contributed by atoms with Gasteiger partial charge in [0.25, 0.3) is 5.78 Å². The zero-order chi connectivity index (χ0) is 17.5. The van der Waals surface area contributed by atoms with Crippen molar-refractivity contribution in [2.45, 2.75) is 25.6 Å². The summed E-state index contributed by atoms with van der Waals surface area (Å²) >= 11 is 1.40. The van der Waals surface area contributed by atoms with Gasteiger partial charge in [0.15, 0.2) is 0 Å². The van der Waals surface area contributed by atoms with Crippen LogP contribution in [0.25, 0.3) is 0 Å². The zero-order valence-corrected chi connectivity index (χ0v) is 14.4. The average Bonchev–Trinajstić information content (AvgIpc) is 3.18. The van der Waals surface area contributed by atoms with Crippen LogP contribution in [0.3, 0.4) is 0 Å². The monoisotopic (exact) mass is 346 g/mol. The molecule has 1 aromatic heterocycles. The Morgan fingerprint density at radius 2 is 2.04 bits per heavy atom.